The van der Waals surface area contributed by atoms with Crippen LogP contribution in [0.5, 0.6) is 11.5 Å². The quantitative estimate of drug-likeness (QED) is 0.457. The number of hydrogen-bond acceptors (Lipinski definition) is 7. The molecule has 1 atom stereocenters. The topological polar surface area (TPSA) is 120 Å². The minimum absolute atomic E-state index is 0.00264. The molecule has 0 saturated heterocycles. The van der Waals surface area contributed by atoms with E-state index in [-0.39, 0.29) is 22.9 Å². The maximum Gasteiger partial charge on any atom is 0.311 e. The number of thioether (sulfide) groups is 1. The lowest BCUT2D eigenvalue weighted by atomic mass is 10.2. The Hall–Kier alpha value is -3.34. The van der Waals surface area contributed by atoms with Gasteiger partial charge in [-0.2, -0.15) is 0 Å². The minimum atomic E-state index is -1.03. The Morgan fingerprint density at radius 2 is 1.93 bits per heavy atom. The molecule has 0 fully saturated rings. The fourth-order valence-electron chi connectivity index (χ4n) is 2.28. The third-order valence-corrected chi connectivity index (χ3v) is 4.78. The SMILES string of the molecule is COc1ccc(CSCC(=O)NNC(=O)C(C)Oc2ccccc2F)cc1[N+](=O)[O-]. The van der Waals surface area contributed by atoms with Crippen LogP contribution in [0.15, 0.2) is 42.5 Å². The maximum absolute atomic E-state index is 13.5. The van der Waals surface area contributed by atoms with E-state index in [1.54, 1.807) is 12.1 Å². The number of carbonyl (C=O) groups is 2. The lowest BCUT2D eigenvalue weighted by molar-refractivity contribution is -0.385. The van der Waals surface area contributed by atoms with E-state index in [0.717, 1.165) is 0 Å². The second-order valence-electron chi connectivity index (χ2n) is 5.98. The number of ether oxygens (including phenoxy) is 2. The Labute approximate surface area is 176 Å². The van der Waals surface area contributed by atoms with Crippen LogP contribution in [0, 0.1) is 15.9 Å². The van der Waals surface area contributed by atoms with Crippen molar-refractivity contribution in [2.24, 2.45) is 0 Å². The normalized spacial score (nSPS) is 11.3. The number of carbonyl (C=O) groups excluding carboxylic acids is 2. The van der Waals surface area contributed by atoms with Crippen LogP contribution in [0.2, 0.25) is 0 Å². The number of hydrogen-bond donors (Lipinski definition) is 2. The largest absolute Gasteiger partial charge is 0.490 e. The van der Waals surface area contributed by atoms with Gasteiger partial charge in [0.2, 0.25) is 5.91 Å². The summed E-state index contributed by atoms with van der Waals surface area (Å²) in [6.45, 7) is 1.42. The van der Waals surface area contributed by atoms with Crippen molar-refractivity contribution in [1.29, 1.82) is 0 Å². The lowest BCUT2D eigenvalue weighted by Gasteiger charge is -2.15. The van der Waals surface area contributed by atoms with Crippen LogP contribution in [-0.2, 0) is 15.3 Å². The summed E-state index contributed by atoms with van der Waals surface area (Å²) in [4.78, 5) is 34.3. The molecule has 0 bridgehead atoms. The molecule has 0 spiro atoms. The van der Waals surface area contributed by atoms with Crippen LogP contribution in [0.1, 0.15) is 12.5 Å². The van der Waals surface area contributed by atoms with Crippen LogP contribution < -0.4 is 20.3 Å². The number of hydrazine groups is 1. The third kappa shape index (κ3) is 6.62. The van der Waals surface area contributed by atoms with Crippen LogP contribution in [0.3, 0.4) is 0 Å². The highest BCUT2D eigenvalue weighted by atomic mass is 32.2. The van der Waals surface area contributed by atoms with Gasteiger partial charge in [0.1, 0.15) is 0 Å². The standard InChI is InChI=1S/C19H20FN3O6S/c1-12(29-16-6-4-3-5-14(16)20)19(25)22-21-18(24)11-30-10-13-7-8-17(28-2)15(9-13)23(26)27/h3-9,12H,10-11H2,1-2H3,(H,21,24)(H,22,25). The second-order valence-corrected chi connectivity index (χ2v) is 6.97. The van der Waals surface area contributed by atoms with Crippen LogP contribution in [0.4, 0.5) is 10.1 Å². The summed E-state index contributed by atoms with van der Waals surface area (Å²) in [6.07, 6.45) is -1.03. The van der Waals surface area contributed by atoms with Crippen LogP contribution >= 0.6 is 11.8 Å². The number of amides is 2. The van der Waals surface area contributed by atoms with Crippen molar-refractivity contribution in [1.82, 2.24) is 10.9 Å². The number of nitro groups is 1. The van der Waals surface area contributed by atoms with Gasteiger partial charge in [-0.1, -0.05) is 18.2 Å². The number of halogens is 1. The zero-order chi connectivity index (χ0) is 22.1. The van der Waals surface area contributed by atoms with E-state index in [2.05, 4.69) is 10.9 Å². The number of nitrogens with zero attached hydrogens (tertiary/aromatic N) is 1. The van der Waals surface area contributed by atoms with Crippen LogP contribution in [-0.4, -0.2) is 35.7 Å². The van der Waals surface area contributed by atoms with Gasteiger partial charge in [0, 0.05) is 11.8 Å². The number of nitrogens with one attached hydrogen (secondary N) is 2. The summed E-state index contributed by atoms with van der Waals surface area (Å²) < 4.78 is 23.7. The summed E-state index contributed by atoms with van der Waals surface area (Å²) in [5, 5.41) is 11.0. The smallest absolute Gasteiger partial charge is 0.311 e. The molecule has 160 valence electrons. The van der Waals surface area contributed by atoms with Crippen molar-refractivity contribution in [3.8, 4) is 11.5 Å². The first-order chi connectivity index (χ1) is 14.3. The van der Waals surface area contributed by atoms with Gasteiger partial charge < -0.3 is 9.47 Å². The minimum Gasteiger partial charge on any atom is -0.490 e. The Morgan fingerprint density at radius 1 is 1.20 bits per heavy atom. The first-order valence-corrected chi connectivity index (χ1v) is 9.86. The molecule has 0 aliphatic heterocycles. The van der Waals surface area contributed by atoms with Crippen molar-refractivity contribution in [2.45, 2.75) is 18.8 Å². The lowest BCUT2D eigenvalue weighted by Crippen LogP contribution is -2.47. The predicted molar refractivity (Wildman–Crippen MR) is 109 cm³/mol. The number of nitro benzene ring substituents is 1. The van der Waals surface area contributed by atoms with E-state index in [9.17, 15) is 24.1 Å². The van der Waals surface area contributed by atoms with Gasteiger partial charge in [-0.25, -0.2) is 4.39 Å². The highest BCUT2D eigenvalue weighted by molar-refractivity contribution is 7.99. The Kier molecular flexibility index (Phi) is 8.41. The van der Waals surface area contributed by atoms with Gasteiger partial charge in [-0.05, 0) is 30.7 Å². The highest BCUT2D eigenvalue weighted by Crippen LogP contribution is 2.28. The molecule has 11 heteroatoms. The first-order valence-electron chi connectivity index (χ1n) is 8.70. The summed E-state index contributed by atoms with van der Waals surface area (Å²) in [5.41, 5.74) is 4.93. The molecule has 30 heavy (non-hydrogen) atoms. The zero-order valence-corrected chi connectivity index (χ0v) is 17.0. The molecule has 2 rings (SSSR count). The van der Waals surface area contributed by atoms with Gasteiger partial charge >= 0.3 is 5.69 Å². The average Bonchev–Trinajstić information content (AvgIpc) is 2.73. The second kappa shape index (κ2) is 11.0. The van der Waals surface area contributed by atoms with Gasteiger partial charge in [0.25, 0.3) is 5.91 Å². The van der Waals surface area contributed by atoms with E-state index in [4.69, 9.17) is 9.47 Å². The zero-order valence-electron chi connectivity index (χ0n) is 16.2. The predicted octanol–water partition coefficient (Wildman–Crippen LogP) is 2.59. The Balaban J connectivity index is 1.76. The van der Waals surface area contributed by atoms with E-state index in [0.29, 0.717) is 11.3 Å². The summed E-state index contributed by atoms with van der Waals surface area (Å²) in [7, 11) is 1.34. The van der Waals surface area contributed by atoms with Crippen molar-refractivity contribution in [3.05, 3.63) is 64.0 Å². The summed E-state index contributed by atoms with van der Waals surface area (Å²) in [5.74, 6) is -1.30. The molecule has 0 aliphatic carbocycles. The van der Waals surface area contributed by atoms with E-state index >= 15 is 0 Å². The molecular weight excluding hydrogens is 417 g/mol. The van der Waals surface area contributed by atoms with Crippen molar-refractivity contribution in [2.75, 3.05) is 12.9 Å². The molecule has 2 amide bonds. The molecule has 0 saturated carbocycles. The van der Waals surface area contributed by atoms with Crippen molar-refractivity contribution in [3.63, 3.8) is 0 Å². The van der Waals surface area contributed by atoms with E-state index < -0.39 is 28.7 Å². The van der Waals surface area contributed by atoms with Crippen LogP contribution in [0.25, 0.3) is 0 Å². The number of methoxy groups -OCH3 is 1. The number of benzene rings is 2. The Bertz CT molecular complexity index is 927. The molecule has 1 unspecified atom stereocenters. The van der Waals surface area contributed by atoms with E-state index in [1.165, 1.54) is 56.1 Å². The van der Waals surface area contributed by atoms with Gasteiger partial charge in [-0.15, -0.1) is 11.8 Å². The highest BCUT2D eigenvalue weighted by Gasteiger charge is 2.18. The molecule has 2 aromatic carbocycles. The maximum atomic E-state index is 13.5. The molecule has 0 radical (unpaired) electrons. The molecule has 9 nitrogen and oxygen atoms in total. The molecule has 0 aromatic heterocycles. The van der Waals surface area contributed by atoms with Gasteiger partial charge in [0.05, 0.1) is 17.8 Å². The fraction of sp³-hybridized carbons (Fsp3) is 0.263. The van der Waals surface area contributed by atoms with Crippen molar-refractivity contribution < 1.29 is 28.4 Å². The van der Waals surface area contributed by atoms with E-state index in [1.807, 2.05) is 0 Å². The molecular formula is C19H20FN3O6S. The summed E-state index contributed by atoms with van der Waals surface area (Å²) >= 11 is 1.21. The number of para-hydroxylation sites is 1. The monoisotopic (exact) mass is 437 g/mol. The molecule has 0 heterocycles. The van der Waals surface area contributed by atoms with Gasteiger partial charge in [0.15, 0.2) is 23.4 Å². The molecule has 0 aliphatic rings. The molecule has 2 N–H and O–H groups in total. The first kappa shape index (κ1) is 22.9. The fourth-order valence-corrected chi connectivity index (χ4v) is 3.06. The number of rotatable bonds is 9. The average molecular weight is 437 g/mol. The molecule has 2 aromatic rings. The summed E-state index contributed by atoms with van der Waals surface area (Å²) in [6, 6.07) is 10.2. The van der Waals surface area contributed by atoms with Gasteiger partial charge in [-0.3, -0.25) is 30.6 Å². The van der Waals surface area contributed by atoms with Crippen molar-refractivity contribution >= 4 is 29.3 Å². The Morgan fingerprint density at radius 3 is 2.60 bits per heavy atom. The third-order valence-electron chi connectivity index (χ3n) is 3.78.